The zero-order valence-corrected chi connectivity index (χ0v) is 21.7. The second-order valence-corrected chi connectivity index (χ2v) is 13.0. The third-order valence-corrected chi connectivity index (χ3v) is 9.34. The zero-order valence-electron chi connectivity index (χ0n) is 19.1. The Labute approximate surface area is 214 Å². The smallest absolute Gasteiger partial charge is 0.340 e. The first-order valence-electron chi connectivity index (χ1n) is 10.8. The van der Waals surface area contributed by atoms with Crippen molar-refractivity contribution in [1.82, 2.24) is 15.0 Å². The number of ether oxygens (including phenoxy) is 1. The van der Waals surface area contributed by atoms with Gasteiger partial charge in [0.05, 0.1) is 23.9 Å². The Hall–Kier alpha value is -1.96. The van der Waals surface area contributed by atoms with E-state index in [0.29, 0.717) is 22.3 Å². The second kappa shape index (κ2) is 10.7. The molecule has 6 N–H and O–H groups in total. The summed E-state index contributed by atoms with van der Waals surface area (Å²) in [5.41, 5.74) is 1.42. The van der Waals surface area contributed by atoms with E-state index in [1.807, 2.05) is 0 Å². The Kier molecular flexibility index (Phi) is 8.08. The van der Waals surface area contributed by atoms with E-state index in [1.165, 1.54) is 12.1 Å². The average molecular weight is 581 g/mol. The highest BCUT2D eigenvalue weighted by molar-refractivity contribution is 7.70. The van der Waals surface area contributed by atoms with Gasteiger partial charge in [-0.3, -0.25) is 9.13 Å². The van der Waals surface area contributed by atoms with E-state index in [9.17, 15) is 28.6 Å². The van der Waals surface area contributed by atoms with Crippen molar-refractivity contribution in [2.75, 3.05) is 17.8 Å². The molecule has 3 aromatic rings. The highest BCUT2D eigenvalue weighted by Crippen LogP contribution is 2.55. The van der Waals surface area contributed by atoms with Crippen molar-refractivity contribution >= 4 is 43.5 Å². The lowest BCUT2D eigenvalue weighted by Gasteiger charge is -2.18. The molecule has 37 heavy (non-hydrogen) atoms. The fraction of sp³-hybridized carbons (Fsp3) is 0.400. The van der Waals surface area contributed by atoms with Crippen LogP contribution >= 0.6 is 26.8 Å². The highest BCUT2D eigenvalue weighted by atomic mass is 35.5. The van der Waals surface area contributed by atoms with E-state index in [2.05, 4.69) is 15.6 Å². The number of anilines is 1. The van der Waals surface area contributed by atoms with Crippen LogP contribution in [-0.4, -0.2) is 70.7 Å². The Morgan fingerprint density at radius 3 is 2.59 bits per heavy atom. The molecule has 2 aromatic carbocycles. The molecule has 1 aliphatic heterocycles. The number of aromatic nitrogens is 3. The number of fused-ring (bicyclic) bond motifs is 1. The summed E-state index contributed by atoms with van der Waals surface area (Å²) in [4.78, 5) is 27.5. The van der Waals surface area contributed by atoms with Crippen molar-refractivity contribution in [3.8, 4) is 0 Å². The van der Waals surface area contributed by atoms with Crippen LogP contribution in [0.5, 0.6) is 0 Å². The molecule has 1 aromatic heterocycles. The van der Waals surface area contributed by atoms with Crippen LogP contribution in [0.1, 0.15) is 24.8 Å². The summed E-state index contributed by atoms with van der Waals surface area (Å²) >= 11 is 6.29. The molecule has 0 aliphatic carbocycles. The number of hydrogen-bond acceptors (Lipinski definition) is 9. The van der Waals surface area contributed by atoms with Crippen molar-refractivity contribution < 1.29 is 47.7 Å². The van der Waals surface area contributed by atoms with Crippen molar-refractivity contribution in [2.24, 2.45) is 0 Å². The van der Waals surface area contributed by atoms with Gasteiger partial charge >= 0.3 is 15.2 Å². The molecule has 6 atom stereocenters. The number of nitrogens with one attached hydrogen (secondary N) is 1. The summed E-state index contributed by atoms with van der Waals surface area (Å²) in [7, 11) is -9.56. The molecule has 202 valence electrons. The van der Waals surface area contributed by atoms with Crippen LogP contribution in [0, 0.1) is 5.82 Å². The first-order chi connectivity index (χ1) is 17.3. The predicted octanol–water partition coefficient (Wildman–Crippen LogP) is 2.35. The van der Waals surface area contributed by atoms with Gasteiger partial charge < -0.3 is 39.5 Å². The van der Waals surface area contributed by atoms with Crippen LogP contribution in [0.15, 0.2) is 36.4 Å². The third-order valence-electron chi connectivity index (χ3n) is 5.67. The maximum Gasteiger partial charge on any atom is 0.340 e. The number of nitrogens with zero attached hydrogens (tertiary/aromatic N) is 3. The summed E-state index contributed by atoms with van der Waals surface area (Å²) < 4.78 is 48.6. The number of aliphatic hydroxyl groups is 2. The van der Waals surface area contributed by atoms with Crippen molar-refractivity contribution in [2.45, 2.75) is 37.5 Å². The summed E-state index contributed by atoms with van der Waals surface area (Å²) in [5, 5.41) is 32.5. The fourth-order valence-corrected chi connectivity index (χ4v) is 6.75. The quantitative estimate of drug-likeness (QED) is 0.202. The monoisotopic (exact) mass is 580 g/mol. The van der Waals surface area contributed by atoms with E-state index in [-0.39, 0.29) is 5.02 Å². The predicted molar refractivity (Wildman–Crippen MR) is 130 cm³/mol. The Balaban J connectivity index is 1.56. The van der Waals surface area contributed by atoms with Gasteiger partial charge in [0.2, 0.25) is 0 Å². The third kappa shape index (κ3) is 6.37. The summed E-state index contributed by atoms with van der Waals surface area (Å²) in [6.07, 6.45) is -5.83. The van der Waals surface area contributed by atoms with E-state index in [1.54, 1.807) is 31.2 Å². The lowest BCUT2D eigenvalue weighted by molar-refractivity contribution is -0.0547. The average Bonchev–Trinajstić information content (AvgIpc) is 3.32. The van der Waals surface area contributed by atoms with Gasteiger partial charge in [-0.25, -0.2) is 9.07 Å². The lowest BCUT2D eigenvalue weighted by atomic mass is 10.1. The van der Waals surface area contributed by atoms with Gasteiger partial charge in [-0.1, -0.05) is 35.0 Å². The van der Waals surface area contributed by atoms with Gasteiger partial charge in [0.25, 0.3) is 0 Å². The molecule has 1 aliphatic rings. The van der Waals surface area contributed by atoms with Crippen molar-refractivity contribution in [3.05, 3.63) is 52.8 Å². The van der Waals surface area contributed by atoms with Gasteiger partial charge in [0, 0.05) is 10.6 Å². The first kappa shape index (κ1) is 28.1. The molecule has 1 fully saturated rings. The van der Waals surface area contributed by atoms with Gasteiger partial charge in [-0.05, 0) is 25.1 Å². The number of rotatable bonds is 9. The largest absolute Gasteiger partial charge is 0.387 e. The molecular weight excluding hydrogens is 557 g/mol. The summed E-state index contributed by atoms with van der Waals surface area (Å²) in [5.74, 6) is -1.82. The summed E-state index contributed by atoms with van der Waals surface area (Å²) in [6, 6.07) is 8.82. The number of aliphatic hydroxyl groups excluding tert-OH is 2. The molecule has 0 amide bonds. The van der Waals surface area contributed by atoms with Gasteiger partial charge in [-0.15, -0.1) is 5.10 Å². The molecular formula is C20H24ClFN4O9P2. The van der Waals surface area contributed by atoms with Gasteiger partial charge in [0.1, 0.15) is 29.6 Å². The molecule has 0 bridgehead atoms. The summed E-state index contributed by atoms with van der Waals surface area (Å²) in [6.45, 7) is 0.996. The van der Waals surface area contributed by atoms with Gasteiger partial charge in [0.15, 0.2) is 12.1 Å². The first-order valence-corrected chi connectivity index (χ1v) is 14.8. The number of halogens is 2. The molecule has 0 saturated carbocycles. The standard InChI is InChI=1S/C20H24ClFN4O9P2/c1-10(12-4-2-3-5-13(12)22)23-14-6-11(21)7-15-17(14)24-25-26(15)20-19(28)18(27)16(35-20)8-34-37(32,33)9-36(29,30)31/h2-7,10,16,18-20,23,27-28H,8-9H2,1H3,(H,32,33)(H2,29,30,31)/t10?,16-,18-,19-,20-/m1/s1. The van der Waals surface area contributed by atoms with Crippen LogP contribution < -0.4 is 5.32 Å². The molecule has 17 heteroatoms. The molecule has 4 rings (SSSR count). The van der Waals surface area contributed by atoms with Crippen LogP contribution in [0.4, 0.5) is 10.1 Å². The molecule has 2 unspecified atom stereocenters. The maximum absolute atomic E-state index is 14.2. The van der Waals surface area contributed by atoms with Crippen LogP contribution in [0.25, 0.3) is 11.0 Å². The van der Waals surface area contributed by atoms with E-state index < -0.39 is 64.1 Å². The second-order valence-electron chi connectivity index (χ2n) is 8.53. The minimum absolute atomic E-state index is 0.255. The Morgan fingerprint density at radius 2 is 1.92 bits per heavy atom. The molecule has 2 heterocycles. The van der Waals surface area contributed by atoms with E-state index in [4.69, 9.17) is 30.6 Å². The van der Waals surface area contributed by atoms with Crippen LogP contribution in [0.2, 0.25) is 5.02 Å². The topological polar surface area (TPSA) is 196 Å². The normalized spacial score (nSPS) is 24.8. The molecule has 0 spiro atoms. The van der Waals surface area contributed by atoms with E-state index >= 15 is 0 Å². The SMILES string of the molecule is CC(Nc1cc(Cl)cc2c1nnn2[C@@H]1O[C@H](COP(=O)(O)CP(=O)(O)O)[C@@H](O)[C@H]1O)c1ccccc1F. The zero-order chi connectivity index (χ0) is 27.1. The Bertz CT molecular complexity index is 1390. The minimum atomic E-state index is -4.85. The fourth-order valence-electron chi connectivity index (χ4n) is 3.97. The van der Waals surface area contributed by atoms with Crippen LogP contribution in [0.3, 0.4) is 0 Å². The van der Waals surface area contributed by atoms with Crippen molar-refractivity contribution in [3.63, 3.8) is 0 Å². The Morgan fingerprint density at radius 1 is 1.22 bits per heavy atom. The molecule has 1 saturated heterocycles. The maximum atomic E-state index is 14.2. The number of benzene rings is 2. The van der Waals surface area contributed by atoms with E-state index in [0.717, 1.165) is 4.68 Å². The van der Waals surface area contributed by atoms with Crippen LogP contribution in [-0.2, 0) is 18.4 Å². The lowest BCUT2D eigenvalue weighted by Crippen LogP contribution is -2.33. The highest BCUT2D eigenvalue weighted by Gasteiger charge is 2.46. The minimum Gasteiger partial charge on any atom is -0.387 e. The van der Waals surface area contributed by atoms with Gasteiger partial charge in [-0.2, -0.15) is 0 Å². The number of hydrogen-bond donors (Lipinski definition) is 6. The van der Waals surface area contributed by atoms with Crippen molar-refractivity contribution in [1.29, 1.82) is 0 Å². The molecule has 13 nitrogen and oxygen atoms in total. The molecule has 0 radical (unpaired) electrons.